The number of rotatable bonds is 5. The molecule has 0 bridgehead atoms. The van der Waals surface area contributed by atoms with E-state index >= 15 is 0 Å². The van der Waals surface area contributed by atoms with Crippen LogP contribution in [0.15, 0.2) is 18.2 Å². The van der Waals surface area contributed by atoms with Crippen LogP contribution >= 0.6 is 34.5 Å². The quantitative estimate of drug-likeness (QED) is 0.660. The van der Waals surface area contributed by atoms with Gasteiger partial charge in [0.1, 0.15) is 5.00 Å². The fourth-order valence-electron chi connectivity index (χ4n) is 3.01. The first-order chi connectivity index (χ1) is 13.3. The van der Waals surface area contributed by atoms with Gasteiger partial charge in [-0.25, -0.2) is 4.79 Å². The summed E-state index contributed by atoms with van der Waals surface area (Å²) >= 11 is 13.2. The molecule has 9 heteroatoms. The second kappa shape index (κ2) is 8.94. The van der Waals surface area contributed by atoms with Gasteiger partial charge in [0.25, 0.3) is 5.91 Å². The Labute approximate surface area is 176 Å². The van der Waals surface area contributed by atoms with E-state index in [1.807, 2.05) is 0 Å². The lowest BCUT2D eigenvalue weighted by Crippen LogP contribution is -2.22. The average Bonchev–Trinajstić information content (AvgIpc) is 2.99. The zero-order chi connectivity index (χ0) is 20.3. The number of carbonyl (C=O) groups is 3. The number of carbonyl (C=O) groups excluding carboxylic acids is 3. The lowest BCUT2D eigenvalue weighted by atomic mass is 9.95. The molecule has 28 heavy (non-hydrogen) atoms. The molecule has 1 aromatic carbocycles. The standard InChI is InChI=1S/C19H18Cl2N2O4S/c1-10(24)22-18-17(12-4-2-3-5-15(12)28-18)19(26)27-9-16(25)23-14-7-6-11(20)8-13(14)21/h6-8H,2-5,9H2,1H3,(H,22,24)(H,23,25). The lowest BCUT2D eigenvalue weighted by molar-refractivity contribution is -0.119. The van der Waals surface area contributed by atoms with Gasteiger partial charge in [0.05, 0.1) is 16.3 Å². The first-order valence-corrected chi connectivity index (χ1v) is 10.3. The summed E-state index contributed by atoms with van der Waals surface area (Å²) in [7, 11) is 0. The number of halogens is 2. The van der Waals surface area contributed by atoms with Gasteiger partial charge in [-0.15, -0.1) is 11.3 Å². The maximum atomic E-state index is 12.7. The zero-order valence-corrected chi connectivity index (χ0v) is 17.4. The summed E-state index contributed by atoms with van der Waals surface area (Å²) in [6.07, 6.45) is 3.64. The Morgan fingerprint density at radius 2 is 1.89 bits per heavy atom. The number of aryl methyl sites for hydroxylation is 1. The van der Waals surface area contributed by atoms with Crippen LogP contribution in [-0.2, 0) is 27.2 Å². The van der Waals surface area contributed by atoms with E-state index in [1.54, 1.807) is 12.1 Å². The van der Waals surface area contributed by atoms with Crippen LogP contribution in [-0.4, -0.2) is 24.4 Å². The van der Waals surface area contributed by atoms with Gasteiger partial charge < -0.3 is 15.4 Å². The number of anilines is 2. The molecule has 1 aliphatic rings. The molecule has 3 rings (SSSR count). The molecule has 2 aromatic rings. The Hall–Kier alpha value is -2.09. The first-order valence-electron chi connectivity index (χ1n) is 8.69. The molecule has 0 radical (unpaired) electrons. The van der Waals surface area contributed by atoms with Crippen LogP contribution in [0.1, 0.15) is 40.6 Å². The molecule has 0 saturated heterocycles. The summed E-state index contributed by atoms with van der Waals surface area (Å²) in [5.74, 6) is -1.41. The normalized spacial score (nSPS) is 12.8. The van der Waals surface area contributed by atoms with Crippen molar-refractivity contribution >= 4 is 63.0 Å². The highest BCUT2D eigenvalue weighted by atomic mass is 35.5. The van der Waals surface area contributed by atoms with E-state index in [2.05, 4.69) is 10.6 Å². The zero-order valence-electron chi connectivity index (χ0n) is 15.1. The topological polar surface area (TPSA) is 84.5 Å². The van der Waals surface area contributed by atoms with Crippen molar-refractivity contribution in [1.82, 2.24) is 0 Å². The molecule has 2 amide bonds. The molecular formula is C19H18Cl2N2O4S. The average molecular weight is 441 g/mol. The molecule has 0 saturated carbocycles. The number of esters is 1. The third kappa shape index (κ3) is 4.84. The number of fused-ring (bicyclic) bond motifs is 1. The van der Waals surface area contributed by atoms with Gasteiger partial charge in [-0.1, -0.05) is 23.2 Å². The Bertz CT molecular complexity index is 942. The maximum Gasteiger partial charge on any atom is 0.341 e. The number of hydrogen-bond donors (Lipinski definition) is 2. The van der Waals surface area contributed by atoms with Crippen molar-refractivity contribution < 1.29 is 19.1 Å². The van der Waals surface area contributed by atoms with Gasteiger partial charge in [0, 0.05) is 16.8 Å². The summed E-state index contributed by atoms with van der Waals surface area (Å²) in [4.78, 5) is 37.4. The van der Waals surface area contributed by atoms with Crippen molar-refractivity contribution in [3.63, 3.8) is 0 Å². The van der Waals surface area contributed by atoms with Crippen molar-refractivity contribution in [2.75, 3.05) is 17.2 Å². The minimum atomic E-state index is -0.625. The van der Waals surface area contributed by atoms with Crippen molar-refractivity contribution in [2.24, 2.45) is 0 Å². The Kier molecular flexibility index (Phi) is 6.59. The van der Waals surface area contributed by atoms with Crippen molar-refractivity contribution in [3.8, 4) is 0 Å². The van der Waals surface area contributed by atoms with Gasteiger partial charge in [-0.2, -0.15) is 0 Å². The predicted molar refractivity (Wildman–Crippen MR) is 111 cm³/mol. The van der Waals surface area contributed by atoms with E-state index in [0.717, 1.165) is 36.1 Å². The van der Waals surface area contributed by atoms with E-state index in [9.17, 15) is 14.4 Å². The molecule has 0 unspecified atom stereocenters. The third-order valence-electron chi connectivity index (χ3n) is 4.20. The van der Waals surface area contributed by atoms with Crippen molar-refractivity contribution in [1.29, 1.82) is 0 Å². The molecule has 0 fully saturated rings. The van der Waals surface area contributed by atoms with Crippen molar-refractivity contribution in [2.45, 2.75) is 32.6 Å². The van der Waals surface area contributed by atoms with E-state index in [-0.39, 0.29) is 10.9 Å². The number of ether oxygens (including phenoxy) is 1. The van der Waals surface area contributed by atoms with E-state index in [1.165, 1.54) is 24.3 Å². The number of nitrogens with one attached hydrogen (secondary N) is 2. The minimum Gasteiger partial charge on any atom is -0.452 e. The molecular weight excluding hydrogens is 423 g/mol. The molecule has 6 nitrogen and oxygen atoms in total. The number of thiophene rings is 1. The first kappa shape index (κ1) is 20.6. The minimum absolute atomic E-state index is 0.261. The fourth-order valence-corrected chi connectivity index (χ4v) is 4.79. The summed E-state index contributed by atoms with van der Waals surface area (Å²) in [6.45, 7) is 0.916. The Morgan fingerprint density at radius 1 is 1.14 bits per heavy atom. The Balaban J connectivity index is 1.69. The number of hydrogen-bond acceptors (Lipinski definition) is 5. The molecule has 0 spiro atoms. The SMILES string of the molecule is CC(=O)Nc1sc2c(c1C(=O)OCC(=O)Nc1ccc(Cl)cc1Cl)CCCC2. The van der Waals surface area contributed by atoms with Gasteiger partial charge in [0.2, 0.25) is 5.91 Å². The van der Waals surface area contributed by atoms with E-state index in [0.29, 0.717) is 21.3 Å². The van der Waals surface area contributed by atoms with Crippen LogP contribution in [0.5, 0.6) is 0 Å². The van der Waals surface area contributed by atoms with E-state index in [4.69, 9.17) is 27.9 Å². The van der Waals surface area contributed by atoms with E-state index < -0.39 is 18.5 Å². The largest absolute Gasteiger partial charge is 0.452 e. The van der Waals surface area contributed by atoms with Crippen LogP contribution in [0.4, 0.5) is 10.7 Å². The molecule has 2 N–H and O–H groups in total. The molecule has 1 heterocycles. The third-order valence-corrected chi connectivity index (χ3v) is 5.96. The second-order valence-electron chi connectivity index (χ2n) is 6.34. The van der Waals surface area contributed by atoms with Crippen LogP contribution in [0, 0.1) is 0 Å². The van der Waals surface area contributed by atoms with Gasteiger partial charge in [-0.05, 0) is 49.4 Å². The molecule has 0 atom stereocenters. The highest BCUT2D eigenvalue weighted by Crippen LogP contribution is 2.38. The lowest BCUT2D eigenvalue weighted by Gasteiger charge is -2.13. The van der Waals surface area contributed by atoms with Gasteiger partial charge >= 0.3 is 5.97 Å². The van der Waals surface area contributed by atoms with Crippen LogP contribution in [0.25, 0.3) is 0 Å². The molecule has 148 valence electrons. The molecule has 0 aliphatic heterocycles. The van der Waals surface area contributed by atoms with Crippen LogP contribution in [0.3, 0.4) is 0 Å². The van der Waals surface area contributed by atoms with Gasteiger partial charge in [-0.3, -0.25) is 9.59 Å². The summed E-state index contributed by atoms with van der Waals surface area (Å²) in [6, 6.07) is 4.66. The van der Waals surface area contributed by atoms with Crippen LogP contribution < -0.4 is 10.6 Å². The summed E-state index contributed by atoms with van der Waals surface area (Å²) in [5.41, 5.74) is 1.64. The molecule has 1 aromatic heterocycles. The second-order valence-corrected chi connectivity index (χ2v) is 8.29. The summed E-state index contributed by atoms with van der Waals surface area (Å²) < 4.78 is 5.21. The number of benzene rings is 1. The fraction of sp³-hybridized carbons (Fsp3) is 0.316. The smallest absolute Gasteiger partial charge is 0.341 e. The monoisotopic (exact) mass is 440 g/mol. The van der Waals surface area contributed by atoms with Gasteiger partial charge in [0.15, 0.2) is 6.61 Å². The van der Waals surface area contributed by atoms with Crippen molar-refractivity contribution in [3.05, 3.63) is 44.2 Å². The number of amides is 2. The van der Waals surface area contributed by atoms with Crippen LogP contribution in [0.2, 0.25) is 10.0 Å². The Morgan fingerprint density at radius 3 is 2.61 bits per heavy atom. The predicted octanol–water partition coefficient (Wildman–Crippen LogP) is 4.69. The highest BCUT2D eigenvalue weighted by molar-refractivity contribution is 7.17. The summed E-state index contributed by atoms with van der Waals surface area (Å²) in [5, 5.41) is 6.48. The maximum absolute atomic E-state index is 12.7. The highest BCUT2D eigenvalue weighted by Gasteiger charge is 2.27. The molecule has 1 aliphatic carbocycles.